The number of amides is 1. The van der Waals surface area contributed by atoms with Gasteiger partial charge in [0.2, 0.25) is 5.91 Å². The van der Waals surface area contributed by atoms with Gasteiger partial charge in [-0.05, 0) is 11.3 Å². The van der Waals surface area contributed by atoms with Crippen LogP contribution < -0.4 is 0 Å². The molecule has 0 atom stereocenters. The molecule has 17 heavy (non-hydrogen) atoms. The molecule has 0 aliphatic heterocycles. The van der Waals surface area contributed by atoms with Gasteiger partial charge < -0.3 is 20.1 Å². The van der Waals surface area contributed by atoms with Gasteiger partial charge in [-0.2, -0.15) is 4.68 Å². The number of nitrogens with zero attached hydrogens (tertiary/aromatic N) is 4. The Morgan fingerprint density at radius 3 is 2.94 bits per heavy atom. The van der Waals surface area contributed by atoms with Crippen molar-refractivity contribution in [3.8, 4) is 0 Å². The lowest BCUT2D eigenvalue weighted by Crippen LogP contribution is -2.31. The molecule has 1 aromatic heterocycles. The van der Waals surface area contributed by atoms with Crippen molar-refractivity contribution in [3.05, 3.63) is 22.4 Å². The van der Waals surface area contributed by atoms with Crippen molar-refractivity contribution < 1.29 is 14.8 Å². The highest BCUT2D eigenvalue weighted by molar-refractivity contribution is 5.75. The van der Waals surface area contributed by atoms with Gasteiger partial charge in [0.15, 0.2) is 0 Å². The summed E-state index contributed by atoms with van der Waals surface area (Å²) in [6.45, 7) is 0.416. The minimum Gasteiger partial charge on any atom is -0.396 e. The topological polar surface area (TPSA) is 102 Å². The van der Waals surface area contributed by atoms with Gasteiger partial charge >= 0.3 is 5.82 Å². The zero-order valence-electron chi connectivity index (χ0n) is 9.44. The molecule has 0 aliphatic rings. The fourth-order valence-electron chi connectivity index (χ4n) is 1.23. The van der Waals surface area contributed by atoms with Crippen LogP contribution in [0, 0.1) is 10.1 Å². The van der Waals surface area contributed by atoms with Gasteiger partial charge in [0.05, 0.1) is 17.4 Å². The molecule has 8 heteroatoms. The van der Waals surface area contributed by atoms with E-state index in [0.29, 0.717) is 13.0 Å². The molecular formula is C9H14N4O4. The maximum Gasteiger partial charge on any atom is 0.389 e. The first kappa shape index (κ1) is 13.1. The van der Waals surface area contributed by atoms with Gasteiger partial charge in [0, 0.05) is 20.2 Å². The highest BCUT2D eigenvalue weighted by Crippen LogP contribution is 2.05. The number of likely N-dealkylation sites (N-methyl/N-ethyl adjacent to an activating group) is 1. The molecule has 94 valence electrons. The Labute approximate surface area is 97.6 Å². The third kappa shape index (κ3) is 3.83. The molecule has 8 nitrogen and oxygen atoms in total. The van der Waals surface area contributed by atoms with Crippen molar-refractivity contribution in [1.29, 1.82) is 0 Å². The van der Waals surface area contributed by atoms with E-state index < -0.39 is 4.92 Å². The van der Waals surface area contributed by atoms with Crippen molar-refractivity contribution in [2.75, 3.05) is 20.2 Å². The van der Waals surface area contributed by atoms with E-state index in [1.165, 1.54) is 21.8 Å². The molecule has 1 amide bonds. The number of aliphatic hydroxyl groups excluding tert-OH is 1. The normalized spacial score (nSPS) is 10.2. The van der Waals surface area contributed by atoms with Crippen LogP contribution in [-0.4, -0.2) is 50.8 Å². The SMILES string of the molecule is CN(CCCO)C(=O)Cn1ccc([N+](=O)[O-])n1. The molecule has 0 radical (unpaired) electrons. The zero-order chi connectivity index (χ0) is 12.8. The Hall–Kier alpha value is -1.96. The lowest BCUT2D eigenvalue weighted by molar-refractivity contribution is -0.389. The van der Waals surface area contributed by atoms with Crippen molar-refractivity contribution >= 4 is 11.7 Å². The maximum atomic E-state index is 11.6. The van der Waals surface area contributed by atoms with Crippen LogP contribution in [-0.2, 0) is 11.3 Å². The Morgan fingerprint density at radius 1 is 1.71 bits per heavy atom. The third-order valence-corrected chi connectivity index (χ3v) is 2.19. The van der Waals surface area contributed by atoms with Crippen molar-refractivity contribution in [2.24, 2.45) is 0 Å². The van der Waals surface area contributed by atoms with Crippen LogP contribution in [0.4, 0.5) is 5.82 Å². The Kier molecular flexibility index (Phi) is 4.58. The van der Waals surface area contributed by atoms with Crippen LogP contribution in [0.2, 0.25) is 0 Å². The summed E-state index contributed by atoms with van der Waals surface area (Å²) in [7, 11) is 1.61. The second kappa shape index (κ2) is 5.94. The molecular weight excluding hydrogens is 228 g/mol. The fraction of sp³-hybridized carbons (Fsp3) is 0.556. The number of hydrogen-bond donors (Lipinski definition) is 1. The highest BCUT2D eigenvalue weighted by atomic mass is 16.6. The highest BCUT2D eigenvalue weighted by Gasteiger charge is 2.15. The standard InChI is InChI=1S/C9H14N4O4/c1-11(4-2-6-14)9(15)7-12-5-3-8(10-12)13(16)17/h3,5,14H,2,4,6-7H2,1H3. The fourth-order valence-corrected chi connectivity index (χ4v) is 1.23. The van der Waals surface area contributed by atoms with Crippen LogP contribution in [0.3, 0.4) is 0 Å². The molecule has 0 fully saturated rings. The summed E-state index contributed by atoms with van der Waals surface area (Å²) in [5, 5.41) is 22.6. The van der Waals surface area contributed by atoms with Gasteiger partial charge in [-0.1, -0.05) is 0 Å². The first-order valence-corrected chi connectivity index (χ1v) is 5.07. The average Bonchev–Trinajstić information content (AvgIpc) is 2.74. The van der Waals surface area contributed by atoms with Crippen LogP contribution in [0.15, 0.2) is 12.3 Å². The van der Waals surface area contributed by atoms with Crippen LogP contribution in [0.5, 0.6) is 0 Å². The first-order chi connectivity index (χ1) is 8.04. The van der Waals surface area contributed by atoms with Gasteiger partial charge in [-0.25, -0.2) is 0 Å². The molecule has 0 spiro atoms. The van der Waals surface area contributed by atoms with Crippen LogP contribution >= 0.6 is 0 Å². The number of carbonyl (C=O) groups is 1. The Morgan fingerprint density at radius 2 is 2.41 bits per heavy atom. The van der Waals surface area contributed by atoms with E-state index in [4.69, 9.17) is 5.11 Å². The number of aromatic nitrogens is 2. The number of hydrogen-bond acceptors (Lipinski definition) is 5. The maximum absolute atomic E-state index is 11.6. The molecule has 1 aromatic rings. The average molecular weight is 242 g/mol. The Bertz CT molecular complexity index is 403. The molecule has 0 aliphatic carbocycles. The van der Waals surface area contributed by atoms with Gasteiger partial charge in [-0.15, -0.1) is 0 Å². The minimum absolute atomic E-state index is 0.0187. The number of rotatable bonds is 6. The van der Waals surface area contributed by atoms with Crippen molar-refractivity contribution in [1.82, 2.24) is 14.7 Å². The third-order valence-electron chi connectivity index (χ3n) is 2.19. The second-order valence-corrected chi connectivity index (χ2v) is 3.52. The molecule has 0 saturated heterocycles. The summed E-state index contributed by atoms with van der Waals surface area (Å²) in [6, 6.07) is 1.24. The summed E-state index contributed by atoms with van der Waals surface area (Å²) >= 11 is 0. The van der Waals surface area contributed by atoms with E-state index in [1.54, 1.807) is 7.05 Å². The lowest BCUT2D eigenvalue weighted by atomic mass is 10.4. The molecule has 1 N–H and O–H groups in total. The number of nitro groups is 1. The van der Waals surface area contributed by atoms with E-state index >= 15 is 0 Å². The molecule has 0 aromatic carbocycles. The number of carbonyl (C=O) groups excluding carboxylic acids is 1. The quantitative estimate of drug-likeness (QED) is 0.541. The monoisotopic (exact) mass is 242 g/mol. The van der Waals surface area contributed by atoms with E-state index in [2.05, 4.69) is 5.10 Å². The van der Waals surface area contributed by atoms with Crippen LogP contribution in [0.25, 0.3) is 0 Å². The summed E-state index contributed by atoms with van der Waals surface area (Å²) in [6.07, 6.45) is 1.89. The van der Waals surface area contributed by atoms with Gasteiger partial charge in [-0.3, -0.25) is 4.79 Å². The summed E-state index contributed by atoms with van der Waals surface area (Å²) < 4.78 is 1.22. The second-order valence-electron chi connectivity index (χ2n) is 3.52. The zero-order valence-corrected chi connectivity index (χ0v) is 9.44. The van der Waals surface area contributed by atoms with E-state index in [0.717, 1.165) is 0 Å². The predicted octanol–water partition coefficient (Wildman–Crippen LogP) is -0.368. The molecule has 1 rings (SSSR count). The van der Waals surface area contributed by atoms with E-state index in [1.807, 2.05) is 0 Å². The van der Waals surface area contributed by atoms with E-state index in [9.17, 15) is 14.9 Å². The summed E-state index contributed by atoms with van der Waals surface area (Å²) in [4.78, 5) is 22.8. The van der Waals surface area contributed by atoms with Gasteiger partial charge in [0.1, 0.15) is 6.54 Å². The van der Waals surface area contributed by atoms with Crippen LogP contribution in [0.1, 0.15) is 6.42 Å². The van der Waals surface area contributed by atoms with Crippen molar-refractivity contribution in [2.45, 2.75) is 13.0 Å². The molecule has 1 heterocycles. The summed E-state index contributed by atoms with van der Waals surface area (Å²) in [5.41, 5.74) is 0. The van der Waals surface area contributed by atoms with E-state index in [-0.39, 0.29) is 24.9 Å². The Balaban J connectivity index is 2.52. The minimum atomic E-state index is -0.615. The molecule has 0 unspecified atom stereocenters. The lowest BCUT2D eigenvalue weighted by Gasteiger charge is -2.15. The summed E-state index contributed by atoms with van der Waals surface area (Å²) in [5.74, 6) is -0.493. The first-order valence-electron chi connectivity index (χ1n) is 5.07. The van der Waals surface area contributed by atoms with Gasteiger partial charge in [0.25, 0.3) is 0 Å². The van der Waals surface area contributed by atoms with Crippen molar-refractivity contribution in [3.63, 3.8) is 0 Å². The smallest absolute Gasteiger partial charge is 0.389 e. The molecule has 0 saturated carbocycles. The predicted molar refractivity (Wildman–Crippen MR) is 58.2 cm³/mol. The largest absolute Gasteiger partial charge is 0.396 e. The number of aliphatic hydroxyl groups is 1. The molecule has 0 bridgehead atoms.